The van der Waals surface area contributed by atoms with Gasteiger partial charge in [0.05, 0.1) is 17.1 Å². The monoisotopic (exact) mass is 533 g/mol. The molecule has 178 valence electrons. The Bertz CT molecular complexity index is 1370. The topological polar surface area (TPSA) is 52.9 Å². The third-order valence-electron chi connectivity index (χ3n) is 7.08. The van der Waals surface area contributed by atoms with Crippen molar-refractivity contribution in [3.8, 4) is 11.3 Å². The third-order valence-corrected chi connectivity index (χ3v) is 7.61. The van der Waals surface area contributed by atoms with E-state index in [1.807, 2.05) is 35.2 Å². The first-order valence-electron chi connectivity index (χ1n) is 11.8. The van der Waals surface area contributed by atoms with Crippen molar-refractivity contribution in [1.82, 2.24) is 19.2 Å². The fourth-order valence-corrected chi connectivity index (χ4v) is 5.65. The molecule has 0 aliphatic carbocycles. The van der Waals surface area contributed by atoms with Crippen molar-refractivity contribution in [2.45, 2.75) is 6.54 Å². The Morgan fingerprint density at radius 1 is 0.971 bits per heavy atom. The molecule has 2 aromatic heterocycles. The number of fused-ring (bicyclic) bond motifs is 2. The quantitative estimate of drug-likeness (QED) is 0.377. The summed E-state index contributed by atoms with van der Waals surface area (Å²) in [6.45, 7) is 4.02. The summed E-state index contributed by atoms with van der Waals surface area (Å²) in [5.74, 6) is 0.411. The number of amides is 2. The fraction of sp³-hybridized carbons (Fsp3) is 0.259. The molecule has 2 saturated heterocycles. The molecule has 2 amide bonds. The second-order valence-electron chi connectivity index (χ2n) is 9.37. The molecule has 8 heteroatoms. The Balaban J connectivity index is 1.16. The molecule has 0 bridgehead atoms. The molecule has 35 heavy (non-hydrogen) atoms. The van der Waals surface area contributed by atoms with E-state index in [-0.39, 0.29) is 11.7 Å². The maximum atomic E-state index is 13.9. The number of para-hydroxylation sites is 1. The van der Waals surface area contributed by atoms with Crippen LogP contribution in [0.25, 0.3) is 16.9 Å². The average Bonchev–Trinajstić information content (AvgIpc) is 3.53. The average molecular weight is 534 g/mol. The third kappa shape index (κ3) is 4.32. The highest BCUT2D eigenvalue weighted by atomic mass is 79.9. The Kier molecular flexibility index (Phi) is 5.78. The van der Waals surface area contributed by atoms with Crippen LogP contribution in [0.15, 0.2) is 77.4 Å². The van der Waals surface area contributed by atoms with Gasteiger partial charge >= 0.3 is 6.03 Å². The number of pyridine rings is 1. The molecule has 2 unspecified atom stereocenters. The highest BCUT2D eigenvalue weighted by Gasteiger charge is 2.42. The molecule has 0 spiro atoms. The van der Waals surface area contributed by atoms with Crippen LogP contribution < -0.4 is 5.32 Å². The van der Waals surface area contributed by atoms with E-state index in [4.69, 9.17) is 4.98 Å². The first-order valence-corrected chi connectivity index (χ1v) is 12.6. The molecule has 2 aromatic carbocycles. The van der Waals surface area contributed by atoms with Gasteiger partial charge in [0, 0.05) is 49.0 Å². The van der Waals surface area contributed by atoms with Crippen molar-refractivity contribution in [3.05, 3.63) is 88.9 Å². The number of hydrogen-bond donors (Lipinski definition) is 1. The minimum absolute atomic E-state index is 0.226. The number of carbonyl (C=O) groups excluding carboxylic acids is 1. The van der Waals surface area contributed by atoms with Gasteiger partial charge in [0.25, 0.3) is 0 Å². The second-order valence-corrected chi connectivity index (χ2v) is 10.3. The van der Waals surface area contributed by atoms with E-state index in [1.165, 1.54) is 11.8 Å². The lowest BCUT2D eigenvalue weighted by molar-refractivity contribution is 0.211. The van der Waals surface area contributed by atoms with Gasteiger partial charge in [-0.25, -0.2) is 14.2 Å². The van der Waals surface area contributed by atoms with Crippen LogP contribution in [0.4, 0.5) is 14.9 Å². The van der Waals surface area contributed by atoms with Gasteiger partial charge in [0.2, 0.25) is 0 Å². The largest absolute Gasteiger partial charge is 0.324 e. The van der Waals surface area contributed by atoms with Crippen LogP contribution >= 0.6 is 15.9 Å². The standard InChI is InChI=1S/C27H25BrFN5O/c28-21-10-8-18(9-11-21)26-24(34-12-4-3-7-25(34)31-26)17-32-13-19-15-33(16-20(19)14-32)27(35)30-23-6-2-1-5-22(23)29/h1-12,19-20H,13-17H2,(H,30,35). The van der Waals surface area contributed by atoms with Gasteiger partial charge in [-0.15, -0.1) is 0 Å². The molecule has 2 aliphatic heterocycles. The van der Waals surface area contributed by atoms with Crippen molar-refractivity contribution in [2.24, 2.45) is 11.8 Å². The molecule has 6 rings (SSSR count). The van der Waals surface area contributed by atoms with E-state index >= 15 is 0 Å². The molecule has 4 heterocycles. The predicted octanol–water partition coefficient (Wildman–Crippen LogP) is 5.50. The predicted molar refractivity (Wildman–Crippen MR) is 138 cm³/mol. The SMILES string of the molecule is O=C(Nc1ccccc1F)N1CC2CN(Cc3c(-c4ccc(Br)cc4)nc4ccccn34)CC2C1. The summed E-state index contributed by atoms with van der Waals surface area (Å²) in [6.07, 6.45) is 2.08. The number of likely N-dealkylation sites (tertiary alicyclic amines) is 2. The molecule has 1 N–H and O–H groups in total. The number of halogens is 2. The van der Waals surface area contributed by atoms with E-state index in [0.717, 1.165) is 41.0 Å². The summed E-state index contributed by atoms with van der Waals surface area (Å²) in [4.78, 5) is 22.0. The number of urea groups is 1. The van der Waals surface area contributed by atoms with Crippen molar-refractivity contribution < 1.29 is 9.18 Å². The van der Waals surface area contributed by atoms with Gasteiger partial charge in [0.15, 0.2) is 0 Å². The highest BCUT2D eigenvalue weighted by molar-refractivity contribution is 9.10. The Hall–Kier alpha value is -3.23. The minimum Gasteiger partial charge on any atom is -0.324 e. The Morgan fingerprint density at radius 3 is 2.43 bits per heavy atom. The van der Waals surface area contributed by atoms with Crippen LogP contribution in [0, 0.1) is 17.7 Å². The number of rotatable bonds is 4. The van der Waals surface area contributed by atoms with Gasteiger partial charge < -0.3 is 14.6 Å². The maximum Gasteiger partial charge on any atom is 0.321 e. The summed E-state index contributed by atoms with van der Waals surface area (Å²) < 4.78 is 17.2. The molecule has 0 saturated carbocycles. The molecule has 0 radical (unpaired) electrons. The number of benzene rings is 2. The van der Waals surface area contributed by atoms with Gasteiger partial charge in [-0.05, 0) is 48.2 Å². The molecule has 2 fully saturated rings. The van der Waals surface area contributed by atoms with Gasteiger partial charge in [0.1, 0.15) is 11.5 Å². The number of anilines is 1. The zero-order chi connectivity index (χ0) is 23.9. The van der Waals surface area contributed by atoms with Crippen LogP contribution in [0.5, 0.6) is 0 Å². The van der Waals surface area contributed by atoms with Crippen LogP contribution in [0.1, 0.15) is 5.69 Å². The van der Waals surface area contributed by atoms with Crippen LogP contribution in [-0.2, 0) is 6.54 Å². The molecular formula is C27H25BrFN5O. The summed E-state index contributed by atoms with van der Waals surface area (Å²) in [6, 6.07) is 20.4. The Morgan fingerprint density at radius 2 is 1.69 bits per heavy atom. The molecule has 4 aromatic rings. The lowest BCUT2D eigenvalue weighted by Crippen LogP contribution is -2.36. The smallest absolute Gasteiger partial charge is 0.321 e. The van der Waals surface area contributed by atoms with Crippen LogP contribution in [0.2, 0.25) is 0 Å². The summed E-state index contributed by atoms with van der Waals surface area (Å²) >= 11 is 3.52. The number of carbonyl (C=O) groups is 1. The molecular weight excluding hydrogens is 509 g/mol. The number of nitrogens with one attached hydrogen (secondary N) is 1. The minimum atomic E-state index is -0.416. The number of aromatic nitrogens is 2. The van der Waals surface area contributed by atoms with Gasteiger partial charge in [-0.3, -0.25) is 4.90 Å². The van der Waals surface area contributed by atoms with Crippen molar-refractivity contribution in [3.63, 3.8) is 0 Å². The van der Waals surface area contributed by atoms with E-state index in [0.29, 0.717) is 24.9 Å². The molecule has 6 nitrogen and oxygen atoms in total. The first kappa shape index (κ1) is 22.2. The summed E-state index contributed by atoms with van der Waals surface area (Å²) in [5.41, 5.74) is 4.45. The first-order chi connectivity index (χ1) is 17.0. The van der Waals surface area contributed by atoms with Crippen LogP contribution in [-0.4, -0.2) is 51.4 Å². The highest BCUT2D eigenvalue weighted by Crippen LogP contribution is 2.34. The Labute approximate surface area is 211 Å². The number of imidazole rings is 1. The maximum absolute atomic E-state index is 13.9. The molecule has 2 aliphatic rings. The lowest BCUT2D eigenvalue weighted by atomic mass is 10.0. The number of hydrogen-bond acceptors (Lipinski definition) is 3. The van der Waals surface area contributed by atoms with E-state index < -0.39 is 5.82 Å². The summed E-state index contributed by atoms with van der Waals surface area (Å²) in [5, 5.41) is 2.72. The van der Waals surface area contributed by atoms with E-state index in [1.54, 1.807) is 18.2 Å². The molecule has 2 atom stereocenters. The second kappa shape index (κ2) is 9.09. The van der Waals surface area contributed by atoms with Crippen molar-refractivity contribution in [2.75, 3.05) is 31.5 Å². The number of nitrogens with zero attached hydrogens (tertiary/aromatic N) is 4. The van der Waals surface area contributed by atoms with E-state index in [9.17, 15) is 9.18 Å². The fourth-order valence-electron chi connectivity index (χ4n) is 5.39. The summed E-state index contributed by atoms with van der Waals surface area (Å²) in [7, 11) is 0. The normalized spacial score (nSPS) is 19.9. The van der Waals surface area contributed by atoms with Crippen LogP contribution in [0.3, 0.4) is 0 Å². The zero-order valence-electron chi connectivity index (χ0n) is 19.1. The lowest BCUT2D eigenvalue weighted by Gasteiger charge is -2.22. The zero-order valence-corrected chi connectivity index (χ0v) is 20.7. The van der Waals surface area contributed by atoms with Crippen molar-refractivity contribution in [1.29, 1.82) is 0 Å². The van der Waals surface area contributed by atoms with E-state index in [2.05, 4.69) is 48.9 Å². The van der Waals surface area contributed by atoms with Gasteiger partial charge in [-0.1, -0.05) is 46.3 Å². The van der Waals surface area contributed by atoms with Gasteiger partial charge in [-0.2, -0.15) is 0 Å². The van der Waals surface area contributed by atoms with Crippen molar-refractivity contribution >= 4 is 33.3 Å².